The third-order valence-electron chi connectivity index (χ3n) is 11.0. The zero-order valence-corrected chi connectivity index (χ0v) is 30.2. The number of methoxy groups -OCH3 is 1. The number of hydrogen-bond acceptors (Lipinski definition) is 7. The third-order valence-corrected chi connectivity index (χ3v) is 11.0. The van der Waals surface area contributed by atoms with E-state index >= 15 is 0 Å². The van der Waals surface area contributed by atoms with Gasteiger partial charge in [-0.3, -0.25) is 4.79 Å². The molecule has 2 aliphatic carbocycles. The van der Waals surface area contributed by atoms with Crippen LogP contribution in [0.3, 0.4) is 0 Å². The Hall–Kier alpha value is -2.22. The molecule has 7 nitrogen and oxygen atoms in total. The van der Waals surface area contributed by atoms with Crippen molar-refractivity contribution in [3.05, 3.63) is 46.2 Å². The Bertz CT molecular complexity index is 1210. The Morgan fingerprint density at radius 2 is 1.89 bits per heavy atom. The van der Waals surface area contributed by atoms with Gasteiger partial charge in [-0.15, -0.1) is 0 Å². The van der Waals surface area contributed by atoms with Gasteiger partial charge in [0.1, 0.15) is 11.9 Å². The van der Waals surface area contributed by atoms with Crippen molar-refractivity contribution < 1.29 is 28.9 Å². The van der Waals surface area contributed by atoms with Crippen LogP contribution in [0.25, 0.3) is 0 Å². The highest BCUT2D eigenvalue weighted by Crippen LogP contribution is 2.68. The third kappa shape index (κ3) is 8.20. The number of allylic oxidation sites excluding steroid dienone is 3. The molecule has 0 bridgehead atoms. The summed E-state index contributed by atoms with van der Waals surface area (Å²) in [5.41, 5.74) is 3.48. The summed E-state index contributed by atoms with van der Waals surface area (Å²) in [6.45, 7) is 22.2. The summed E-state index contributed by atoms with van der Waals surface area (Å²) < 4.78 is 17.5. The molecule has 0 amide bonds. The number of carbonyl (C=O) groups excluding carboxylic acids is 2. The van der Waals surface area contributed by atoms with Crippen molar-refractivity contribution in [3.63, 3.8) is 0 Å². The van der Waals surface area contributed by atoms with E-state index in [1.54, 1.807) is 14.0 Å². The van der Waals surface area contributed by atoms with Crippen molar-refractivity contribution in [2.45, 2.75) is 113 Å². The van der Waals surface area contributed by atoms with Crippen LogP contribution in [0.4, 0.5) is 0 Å². The second-order valence-corrected chi connectivity index (χ2v) is 14.9. The fourth-order valence-electron chi connectivity index (χ4n) is 7.83. The van der Waals surface area contributed by atoms with E-state index in [-0.39, 0.29) is 35.1 Å². The first-order valence-electron chi connectivity index (χ1n) is 17.0. The lowest BCUT2D eigenvalue weighted by Crippen LogP contribution is -2.39. The lowest BCUT2D eigenvalue weighted by atomic mass is 9.67. The molecule has 0 saturated heterocycles. The number of fused-ring (bicyclic) bond motifs is 1. The van der Waals surface area contributed by atoms with E-state index < -0.39 is 23.6 Å². The zero-order valence-electron chi connectivity index (χ0n) is 30.2. The van der Waals surface area contributed by atoms with Crippen LogP contribution in [0, 0.1) is 34.5 Å². The van der Waals surface area contributed by atoms with Crippen LogP contribution in [-0.2, 0) is 23.8 Å². The van der Waals surface area contributed by atoms with Gasteiger partial charge in [0, 0.05) is 37.7 Å². The largest absolute Gasteiger partial charge is 0.451 e. The van der Waals surface area contributed by atoms with Gasteiger partial charge in [0.15, 0.2) is 0 Å². The van der Waals surface area contributed by atoms with Crippen LogP contribution in [-0.4, -0.2) is 74.0 Å². The van der Waals surface area contributed by atoms with E-state index in [1.807, 2.05) is 54.7 Å². The molecule has 0 aromatic rings. The van der Waals surface area contributed by atoms with Crippen LogP contribution < -0.4 is 0 Å². The second kappa shape index (κ2) is 15.1. The minimum atomic E-state index is -0.944. The quantitative estimate of drug-likeness (QED) is 0.173. The van der Waals surface area contributed by atoms with Gasteiger partial charge in [-0.1, -0.05) is 45.9 Å². The summed E-state index contributed by atoms with van der Waals surface area (Å²) in [5.74, 6) is 0.260. The van der Waals surface area contributed by atoms with E-state index in [0.717, 1.165) is 42.7 Å². The molecule has 0 radical (unpaired) electrons. The number of esters is 1. The van der Waals surface area contributed by atoms with Gasteiger partial charge in [-0.25, -0.2) is 4.79 Å². The number of Topliss-reactive ketones (excluding diaryl/α,β-unsaturated/α-hetero) is 1. The number of ketones is 1. The average Bonchev–Trinajstić information content (AvgIpc) is 3.55. The summed E-state index contributed by atoms with van der Waals surface area (Å²) in [4.78, 5) is 30.6. The van der Waals surface area contributed by atoms with Crippen molar-refractivity contribution in [1.82, 2.24) is 4.90 Å². The molecule has 0 spiro atoms. The molecule has 7 atom stereocenters. The lowest BCUT2D eigenvalue weighted by molar-refractivity contribution is -0.146. The Morgan fingerprint density at radius 1 is 1.22 bits per heavy atom. The van der Waals surface area contributed by atoms with E-state index in [2.05, 4.69) is 37.8 Å². The summed E-state index contributed by atoms with van der Waals surface area (Å²) in [5, 5.41) is 10.9. The van der Waals surface area contributed by atoms with Crippen molar-refractivity contribution in [1.29, 1.82) is 0 Å². The molecule has 2 saturated carbocycles. The molecular formula is C38H61NO6. The number of carbonyl (C=O) groups is 2. The topological polar surface area (TPSA) is 85.3 Å². The Morgan fingerprint density at radius 3 is 2.47 bits per heavy atom. The van der Waals surface area contributed by atoms with Gasteiger partial charge in [0.2, 0.25) is 0 Å². The first kappa shape index (κ1) is 37.2. The second-order valence-electron chi connectivity index (χ2n) is 14.9. The summed E-state index contributed by atoms with van der Waals surface area (Å²) in [6, 6.07) is 0. The Kier molecular flexibility index (Phi) is 12.5. The predicted molar refractivity (Wildman–Crippen MR) is 180 cm³/mol. The molecule has 45 heavy (non-hydrogen) atoms. The van der Waals surface area contributed by atoms with Crippen molar-refractivity contribution in [3.8, 4) is 0 Å². The van der Waals surface area contributed by atoms with E-state index in [9.17, 15) is 14.7 Å². The fraction of sp³-hybridized carbons (Fsp3) is 0.737. The highest BCUT2D eigenvalue weighted by atomic mass is 16.6. The van der Waals surface area contributed by atoms with E-state index in [4.69, 9.17) is 14.2 Å². The van der Waals surface area contributed by atoms with Crippen LogP contribution >= 0.6 is 0 Å². The molecule has 1 N–H and O–H groups in total. The standard InChI is InChI=1S/C38H61NO6/c1-13-29-15-14-17-39(11)26(6)32(29)36(42)45-34(27(7)40)24(4)21-38(10)25(5)19-31-33(37(31,8)9)30(35(38)41)20-28(22-43-12)16-18-44-23(2)3/h15,20-21,23,25,27,30-31,33-34,40H,13-14,16-19,22H2,1-12H3/b24-21-,28-20-/t25?,27?,30?,31-,33?,34?,38?/m1/s1. The highest BCUT2D eigenvalue weighted by Gasteiger charge is 2.65. The summed E-state index contributed by atoms with van der Waals surface area (Å²) in [7, 11) is 3.67. The van der Waals surface area contributed by atoms with Crippen LogP contribution in [0.5, 0.6) is 0 Å². The number of ether oxygens (including phenoxy) is 3. The van der Waals surface area contributed by atoms with Crippen molar-refractivity contribution in [2.24, 2.45) is 34.5 Å². The average molecular weight is 628 g/mol. The van der Waals surface area contributed by atoms with Gasteiger partial charge in [-0.2, -0.15) is 0 Å². The normalized spacial score (nSPS) is 30.4. The molecule has 6 unspecified atom stereocenters. The molecule has 1 aliphatic heterocycles. The number of rotatable bonds is 13. The maximum Gasteiger partial charge on any atom is 0.340 e. The number of nitrogens with zero attached hydrogens (tertiary/aromatic N) is 1. The number of hydrogen-bond donors (Lipinski definition) is 1. The SMILES string of the molecule is CCC1=CCCN(C)C(C)=C1C(=O)OC(/C(C)=C\C1(C)C(=O)C(/C=C(/CCOC(C)C)COC)C2[C@@H](CC1C)C2(C)C)C(C)O. The van der Waals surface area contributed by atoms with Gasteiger partial charge in [0.05, 0.1) is 31.0 Å². The monoisotopic (exact) mass is 627 g/mol. The first-order valence-corrected chi connectivity index (χ1v) is 17.0. The van der Waals surface area contributed by atoms with Crippen molar-refractivity contribution in [2.75, 3.05) is 33.9 Å². The molecule has 254 valence electrons. The minimum Gasteiger partial charge on any atom is -0.451 e. The van der Waals surface area contributed by atoms with Gasteiger partial charge in [-0.05, 0) is 107 Å². The maximum absolute atomic E-state index is 14.8. The van der Waals surface area contributed by atoms with Gasteiger partial charge < -0.3 is 24.2 Å². The molecule has 3 aliphatic rings. The fourth-order valence-corrected chi connectivity index (χ4v) is 7.83. The van der Waals surface area contributed by atoms with E-state index in [0.29, 0.717) is 36.7 Å². The zero-order chi connectivity index (χ0) is 33.9. The van der Waals surface area contributed by atoms with Crippen molar-refractivity contribution >= 4 is 11.8 Å². The maximum atomic E-state index is 14.8. The molecular weight excluding hydrogens is 566 g/mol. The predicted octanol–water partition coefficient (Wildman–Crippen LogP) is 7.06. The molecule has 2 fully saturated rings. The molecule has 0 aromatic carbocycles. The lowest BCUT2D eigenvalue weighted by Gasteiger charge is -2.35. The summed E-state index contributed by atoms with van der Waals surface area (Å²) >= 11 is 0. The van der Waals surface area contributed by atoms with Gasteiger partial charge in [0.25, 0.3) is 0 Å². The minimum absolute atomic E-state index is 0.0724. The molecule has 3 rings (SSSR count). The smallest absolute Gasteiger partial charge is 0.340 e. The number of aliphatic hydroxyl groups is 1. The molecule has 1 heterocycles. The Labute approximate surface area is 273 Å². The number of aliphatic hydroxyl groups excluding tert-OH is 1. The van der Waals surface area contributed by atoms with Crippen LogP contribution in [0.15, 0.2) is 46.2 Å². The highest BCUT2D eigenvalue weighted by molar-refractivity contribution is 5.94. The molecule has 7 heteroatoms. The van der Waals surface area contributed by atoms with E-state index in [1.165, 1.54) is 0 Å². The first-order chi connectivity index (χ1) is 21.0. The van der Waals surface area contributed by atoms with Crippen LogP contribution in [0.1, 0.15) is 94.9 Å². The van der Waals surface area contributed by atoms with Crippen LogP contribution in [0.2, 0.25) is 0 Å². The summed E-state index contributed by atoms with van der Waals surface area (Å²) in [6.07, 6.45) is 7.84. The Balaban J connectivity index is 1.99. The molecule has 0 aromatic heterocycles. The van der Waals surface area contributed by atoms with Gasteiger partial charge >= 0.3 is 5.97 Å².